The van der Waals surface area contributed by atoms with Crippen LogP contribution in [0.3, 0.4) is 0 Å². The summed E-state index contributed by atoms with van der Waals surface area (Å²) in [6.45, 7) is 2.31. The highest BCUT2D eigenvalue weighted by atomic mass is 15.2. The molecule has 0 spiro atoms. The standard InChI is InChI=1S/C30H28N2/c1-23-22-27(31(2)25-14-5-3-6-15-25)20-21-29(23)32(26-16-7-4-8-17-26)30-19-11-13-24-12-9-10-18-28(24)30/h3-23,29H,1-2H3. The van der Waals surface area contributed by atoms with Gasteiger partial charge in [-0.05, 0) is 41.8 Å². The van der Waals surface area contributed by atoms with Gasteiger partial charge in [-0.25, -0.2) is 0 Å². The molecule has 5 rings (SSSR count). The number of rotatable bonds is 5. The molecule has 0 bridgehead atoms. The van der Waals surface area contributed by atoms with Crippen LogP contribution in [0.15, 0.2) is 127 Å². The molecule has 0 saturated carbocycles. The van der Waals surface area contributed by atoms with Crippen molar-refractivity contribution in [1.29, 1.82) is 0 Å². The van der Waals surface area contributed by atoms with Crippen LogP contribution in [0.5, 0.6) is 0 Å². The molecule has 4 aromatic rings. The number of anilines is 3. The Labute approximate surface area is 190 Å². The predicted molar refractivity (Wildman–Crippen MR) is 138 cm³/mol. The van der Waals surface area contributed by atoms with Crippen LogP contribution in [0.1, 0.15) is 6.92 Å². The van der Waals surface area contributed by atoms with E-state index in [0.717, 1.165) is 0 Å². The summed E-state index contributed by atoms with van der Waals surface area (Å²) in [7, 11) is 2.14. The molecular formula is C30H28N2. The fourth-order valence-corrected chi connectivity index (χ4v) is 4.62. The Morgan fingerprint density at radius 1 is 0.656 bits per heavy atom. The summed E-state index contributed by atoms with van der Waals surface area (Å²) in [6, 6.07) is 36.7. The summed E-state index contributed by atoms with van der Waals surface area (Å²) in [5.41, 5.74) is 4.87. The number of benzene rings is 4. The number of nitrogens with zero attached hydrogens (tertiary/aromatic N) is 2. The second-order valence-electron chi connectivity index (χ2n) is 8.40. The third-order valence-electron chi connectivity index (χ3n) is 6.33. The second kappa shape index (κ2) is 8.76. The van der Waals surface area contributed by atoms with Crippen molar-refractivity contribution < 1.29 is 0 Å². The Kier molecular flexibility index (Phi) is 5.51. The van der Waals surface area contributed by atoms with Crippen LogP contribution in [0, 0.1) is 5.92 Å². The smallest absolute Gasteiger partial charge is 0.0587 e. The summed E-state index contributed by atoms with van der Waals surface area (Å²) < 4.78 is 0. The van der Waals surface area contributed by atoms with Gasteiger partial charge >= 0.3 is 0 Å². The minimum absolute atomic E-state index is 0.219. The van der Waals surface area contributed by atoms with Gasteiger partial charge in [-0.2, -0.15) is 0 Å². The second-order valence-corrected chi connectivity index (χ2v) is 8.40. The first kappa shape index (κ1) is 20.1. The lowest BCUT2D eigenvalue weighted by Gasteiger charge is -2.38. The fourth-order valence-electron chi connectivity index (χ4n) is 4.62. The Bertz CT molecular complexity index is 1250. The largest absolute Gasteiger partial charge is 0.345 e. The highest BCUT2D eigenvalue weighted by Gasteiger charge is 2.27. The molecule has 0 aromatic heterocycles. The lowest BCUT2D eigenvalue weighted by molar-refractivity contribution is 0.604. The SMILES string of the molecule is CC1C=C(N(C)c2ccccc2)C=CC1N(c1ccccc1)c1cccc2ccccc12. The van der Waals surface area contributed by atoms with E-state index in [-0.39, 0.29) is 6.04 Å². The summed E-state index contributed by atoms with van der Waals surface area (Å²) in [5.74, 6) is 0.334. The van der Waals surface area contributed by atoms with Gasteiger partial charge in [0.2, 0.25) is 0 Å². The average molecular weight is 417 g/mol. The summed E-state index contributed by atoms with van der Waals surface area (Å²) in [5, 5.41) is 2.54. The summed E-state index contributed by atoms with van der Waals surface area (Å²) >= 11 is 0. The van der Waals surface area contributed by atoms with Crippen molar-refractivity contribution in [2.45, 2.75) is 13.0 Å². The Balaban J connectivity index is 1.55. The average Bonchev–Trinajstić information content (AvgIpc) is 2.86. The zero-order chi connectivity index (χ0) is 21.9. The first-order chi connectivity index (χ1) is 15.7. The van der Waals surface area contributed by atoms with Gasteiger partial charge in [0.1, 0.15) is 0 Å². The lowest BCUT2D eigenvalue weighted by Crippen LogP contribution is -2.36. The molecule has 1 aliphatic rings. The lowest BCUT2D eigenvalue weighted by atomic mass is 9.92. The topological polar surface area (TPSA) is 6.48 Å². The molecular weight excluding hydrogens is 388 g/mol. The molecule has 0 amide bonds. The fraction of sp³-hybridized carbons (Fsp3) is 0.133. The monoisotopic (exact) mass is 416 g/mol. The molecule has 2 heteroatoms. The highest BCUT2D eigenvalue weighted by Crippen LogP contribution is 2.38. The van der Waals surface area contributed by atoms with Gasteiger partial charge in [-0.15, -0.1) is 0 Å². The minimum Gasteiger partial charge on any atom is -0.345 e. The van der Waals surface area contributed by atoms with Crippen LogP contribution < -0.4 is 9.80 Å². The Hall–Kier alpha value is -3.78. The van der Waals surface area contributed by atoms with E-state index in [4.69, 9.17) is 0 Å². The number of hydrogen-bond acceptors (Lipinski definition) is 2. The molecule has 0 saturated heterocycles. The number of hydrogen-bond donors (Lipinski definition) is 0. The van der Waals surface area contributed by atoms with Crippen LogP contribution in [0.2, 0.25) is 0 Å². The van der Waals surface area contributed by atoms with E-state index in [2.05, 4.69) is 145 Å². The van der Waals surface area contributed by atoms with Gasteiger partial charge < -0.3 is 9.80 Å². The molecule has 2 nitrogen and oxygen atoms in total. The van der Waals surface area contributed by atoms with Crippen LogP contribution >= 0.6 is 0 Å². The van der Waals surface area contributed by atoms with Gasteiger partial charge in [-0.3, -0.25) is 0 Å². The van der Waals surface area contributed by atoms with Crippen molar-refractivity contribution in [3.8, 4) is 0 Å². The molecule has 2 atom stereocenters. The number of likely N-dealkylation sites (N-methyl/N-ethyl adjacent to an activating group) is 1. The van der Waals surface area contributed by atoms with Gasteiger partial charge in [0.15, 0.2) is 0 Å². The van der Waals surface area contributed by atoms with Crippen molar-refractivity contribution in [2.75, 3.05) is 16.8 Å². The van der Waals surface area contributed by atoms with Gasteiger partial charge in [0, 0.05) is 41.1 Å². The Morgan fingerprint density at radius 2 is 1.28 bits per heavy atom. The zero-order valence-electron chi connectivity index (χ0n) is 18.6. The quantitative estimate of drug-likeness (QED) is 0.331. The van der Waals surface area contributed by atoms with E-state index < -0.39 is 0 Å². The van der Waals surface area contributed by atoms with E-state index >= 15 is 0 Å². The molecule has 32 heavy (non-hydrogen) atoms. The third kappa shape index (κ3) is 3.80. The maximum atomic E-state index is 2.49. The van der Waals surface area contributed by atoms with E-state index in [9.17, 15) is 0 Å². The number of fused-ring (bicyclic) bond motifs is 1. The van der Waals surface area contributed by atoms with Gasteiger partial charge in [0.05, 0.1) is 6.04 Å². The van der Waals surface area contributed by atoms with Gasteiger partial charge in [-0.1, -0.05) is 91.9 Å². The summed E-state index contributed by atoms with van der Waals surface area (Å²) in [4.78, 5) is 4.74. The minimum atomic E-state index is 0.219. The molecule has 1 aliphatic carbocycles. The highest BCUT2D eigenvalue weighted by molar-refractivity contribution is 5.96. The van der Waals surface area contributed by atoms with Crippen LogP contribution in [-0.4, -0.2) is 13.1 Å². The molecule has 158 valence electrons. The molecule has 0 aliphatic heterocycles. The third-order valence-corrected chi connectivity index (χ3v) is 6.33. The predicted octanol–water partition coefficient (Wildman–Crippen LogP) is 7.57. The van der Waals surface area contributed by atoms with E-state index in [0.29, 0.717) is 5.92 Å². The first-order valence-corrected chi connectivity index (χ1v) is 11.2. The molecule has 4 aromatic carbocycles. The molecule has 0 fully saturated rings. The molecule has 0 N–H and O–H groups in total. The van der Waals surface area contributed by atoms with Crippen molar-refractivity contribution in [3.63, 3.8) is 0 Å². The normalized spacial score (nSPS) is 17.8. The van der Waals surface area contributed by atoms with E-state index in [1.165, 1.54) is 33.5 Å². The van der Waals surface area contributed by atoms with Crippen molar-refractivity contribution >= 4 is 27.8 Å². The van der Waals surface area contributed by atoms with Crippen molar-refractivity contribution in [1.82, 2.24) is 0 Å². The van der Waals surface area contributed by atoms with Crippen LogP contribution in [0.25, 0.3) is 10.8 Å². The van der Waals surface area contributed by atoms with Gasteiger partial charge in [0.25, 0.3) is 0 Å². The molecule has 0 radical (unpaired) electrons. The van der Waals surface area contributed by atoms with Crippen molar-refractivity contribution in [3.05, 3.63) is 127 Å². The van der Waals surface area contributed by atoms with Crippen LogP contribution in [0.4, 0.5) is 17.1 Å². The first-order valence-electron chi connectivity index (χ1n) is 11.2. The summed E-state index contributed by atoms with van der Waals surface area (Å²) in [6.07, 6.45) is 7.01. The van der Waals surface area contributed by atoms with Crippen molar-refractivity contribution in [2.24, 2.45) is 5.92 Å². The molecule has 2 unspecified atom stereocenters. The molecule has 0 heterocycles. The number of allylic oxidation sites excluding steroid dienone is 1. The Morgan fingerprint density at radius 3 is 2.00 bits per heavy atom. The maximum absolute atomic E-state index is 2.49. The van der Waals surface area contributed by atoms with Crippen LogP contribution in [-0.2, 0) is 0 Å². The zero-order valence-corrected chi connectivity index (χ0v) is 18.6. The maximum Gasteiger partial charge on any atom is 0.0587 e. The van der Waals surface area contributed by atoms with E-state index in [1.807, 2.05) is 0 Å². The van der Waals surface area contributed by atoms with E-state index in [1.54, 1.807) is 0 Å². The number of para-hydroxylation sites is 2.